The fraction of sp³-hybridized carbons (Fsp3) is 0.238. The van der Waals surface area contributed by atoms with Gasteiger partial charge in [-0.25, -0.2) is 8.42 Å². The summed E-state index contributed by atoms with van der Waals surface area (Å²) in [4.78, 5) is 0.244. The van der Waals surface area contributed by atoms with Gasteiger partial charge in [-0.15, -0.1) is 0 Å². The maximum absolute atomic E-state index is 12.6. The second-order valence-corrected chi connectivity index (χ2v) is 9.01. The molecule has 0 saturated carbocycles. The molecule has 0 aliphatic carbocycles. The molecule has 2 aromatic carbocycles. The highest BCUT2D eigenvalue weighted by Gasteiger charge is 2.26. The number of allylic oxidation sites excluding steroid dienone is 1. The molecule has 1 aliphatic rings. The van der Waals surface area contributed by atoms with Gasteiger partial charge in [0, 0.05) is 18.8 Å². The molecule has 0 unspecified atom stereocenters. The minimum Gasteiger partial charge on any atom is -0.379 e. The largest absolute Gasteiger partial charge is 0.379 e. The average Bonchev–Trinajstić information content (AvgIpc) is 2.75. The van der Waals surface area contributed by atoms with Crippen LogP contribution in [0.5, 0.6) is 0 Å². The van der Waals surface area contributed by atoms with Crippen molar-refractivity contribution in [3.8, 4) is 0 Å². The number of nitrogens with one attached hydrogen (secondary N) is 2. The van der Waals surface area contributed by atoms with E-state index in [9.17, 15) is 8.42 Å². The van der Waals surface area contributed by atoms with Crippen LogP contribution in [0.25, 0.3) is 6.08 Å². The van der Waals surface area contributed by atoms with E-state index >= 15 is 0 Å². The number of nitrogens with zero attached hydrogens (tertiary/aromatic N) is 2. The number of morpholine rings is 1. The van der Waals surface area contributed by atoms with Gasteiger partial charge >= 0.3 is 0 Å². The Labute approximate surface area is 182 Å². The molecule has 1 fully saturated rings. The molecule has 0 bridgehead atoms. The predicted octanol–water partition coefficient (Wildman–Crippen LogP) is 3.08. The monoisotopic (exact) mass is 444 g/mol. The van der Waals surface area contributed by atoms with E-state index in [4.69, 9.17) is 17.0 Å². The van der Waals surface area contributed by atoms with Crippen LogP contribution in [0.1, 0.15) is 12.5 Å². The normalized spacial score (nSPS) is 15.8. The molecule has 0 spiro atoms. The van der Waals surface area contributed by atoms with Crippen molar-refractivity contribution in [2.45, 2.75) is 11.8 Å². The van der Waals surface area contributed by atoms with Crippen LogP contribution in [0.3, 0.4) is 0 Å². The number of hydrogen-bond donors (Lipinski definition) is 2. The van der Waals surface area contributed by atoms with Gasteiger partial charge < -0.3 is 10.1 Å². The number of ether oxygens (including phenoxy) is 1. The lowest BCUT2D eigenvalue weighted by molar-refractivity contribution is 0.0730. The van der Waals surface area contributed by atoms with Crippen LogP contribution >= 0.6 is 12.2 Å². The summed E-state index contributed by atoms with van der Waals surface area (Å²) in [5, 5.41) is 7.41. The summed E-state index contributed by atoms with van der Waals surface area (Å²) in [6.07, 6.45) is 3.69. The van der Waals surface area contributed by atoms with E-state index < -0.39 is 10.0 Å². The minimum absolute atomic E-state index is 0.244. The standard InChI is InChI=1S/C21H24N4O3S2/c1-17(15-18-5-3-2-4-6-18)16-22-24-21(29)23-19-7-9-20(10-8-19)30(26,27)25-11-13-28-14-12-25/h2-10,15-16H,11-14H2,1H3,(H2,23,24,29)/b17-15+,22-16-. The zero-order valence-corrected chi connectivity index (χ0v) is 18.2. The summed E-state index contributed by atoms with van der Waals surface area (Å²) in [5.41, 5.74) is 5.48. The van der Waals surface area contributed by atoms with E-state index in [1.165, 1.54) is 4.31 Å². The first-order chi connectivity index (χ1) is 14.4. The second-order valence-electron chi connectivity index (χ2n) is 6.66. The van der Waals surface area contributed by atoms with Gasteiger partial charge in [0.2, 0.25) is 10.0 Å². The molecule has 0 radical (unpaired) electrons. The number of hydrazone groups is 1. The van der Waals surface area contributed by atoms with Gasteiger partial charge in [-0.1, -0.05) is 36.4 Å². The number of benzene rings is 2. The second kappa shape index (κ2) is 10.4. The lowest BCUT2D eigenvalue weighted by Crippen LogP contribution is -2.40. The third-order valence-electron chi connectivity index (χ3n) is 4.35. The van der Waals surface area contributed by atoms with Crippen molar-refractivity contribution in [2.24, 2.45) is 5.10 Å². The highest BCUT2D eigenvalue weighted by Crippen LogP contribution is 2.19. The van der Waals surface area contributed by atoms with Crippen LogP contribution in [0.2, 0.25) is 0 Å². The van der Waals surface area contributed by atoms with Crippen molar-refractivity contribution in [3.05, 3.63) is 65.7 Å². The Hall–Kier alpha value is -2.59. The Morgan fingerprint density at radius 1 is 1.10 bits per heavy atom. The topological polar surface area (TPSA) is 83.0 Å². The van der Waals surface area contributed by atoms with E-state index in [-0.39, 0.29) is 4.90 Å². The Morgan fingerprint density at radius 3 is 2.43 bits per heavy atom. The van der Waals surface area contributed by atoms with E-state index in [2.05, 4.69) is 15.8 Å². The number of rotatable bonds is 6. The Bertz CT molecular complexity index is 1010. The highest BCUT2D eigenvalue weighted by molar-refractivity contribution is 7.89. The van der Waals surface area contributed by atoms with Crippen LogP contribution < -0.4 is 10.7 Å². The summed E-state index contributed by atoms with van der Waals surface area (Å²) in [6, 6.07) is 16.4. The van der Waals surface area contributed by atoms with Crippen molar-refractivity contribution < 1.29 is 13.2 Å². The molecule has 158 valence electrons. The lowest BCUT2D eigenvalue weighted by atomic mass is 10.1. The molecule has 1 heterocycles. The number of hydrogen-bond acceptors (Lipinski definition) is 5. The summed E-state index contributed by atoms with van der Waals surface area (Å²) in [5.74, 6) is 0. The van der Waals surface area contributed by atoms with Crippen LogP contribution in [0.4, 0.5) is 5.69 Å². The van der Waals surface area contributed by atoms with Gasteiger partial charge in [-0.3, -0.25) is 5.43 Å². The summed E-state index contributed by atoms with van der Waals surface area (Å²) in [7, 11) is -3.51. The molecule has 7 nitrogen and oxygen atoms in total. The Morgan fingerprint density at radius 2 is 1.77 bits per heavy atom. The highest BCUT2D eigenvalue weighted by atomic mass is 32.2. The molecule has 1 saturated heterocycles. The molecule has 3 rings (SSSR count). The van der Waals surface area contributed by atoms with Crippen LogP contribution in [0, 0.1) is 0 Å². The smallest absolute Gasteiger partial charge is 0.243 e. The minimum atomic E-state index is -3.51. The lowest BCUT2D eigenvalue weighted by Gasteiger charge is -2.26. The van der Waals surface area contributed by atoms with Crippen molar-refractivity contribution in [2.75, 3.05) is 31.6 Å². The maximum Gasteiger partial charge on any atom is 0.243 e. The first kappa shape index (κ1) is 22.1. The van der Waals surface area contributed by atoms with Gasteiger partial charge in [-0.2, -0.15) is 9.41 Å². The van der Waals surface area contributed by atoms with Crippen molar-refractivity contribution in [3.63, 3.8) is 0 Å². The maximum atomic E-state index is 12.6. The molecule has 9 heteroatoms. The van der Waals surface area contributed by atoms with Gasteiger partial charge in [0.15, 0.2) is 5.11 Å². The predicted molar refractivity (Wildman–Crippen MR) is 124 cm³/mol. The first-order valence-corrected chi connectivity index (χ1v) is 11.3. The van der Waals surface area contributed by atoms with E-state index in [0.717, 1.165) is 11.1 Å². The quantitative estimate of drug-likeness (QED) is 0.405. The molecule has 2 aromatic rings. The third-order valence-corrected chi connectivity index (χ3v) is 6.45. The molecule has 0 amide bonds. The molecule has 1 aliphatic heterocycles. The average molecular weight is 445 g/mol. The zero-order valence-electron chi connectivity index (χ0n) is 16.6. The molecule has 2 N–H and O–H groups in total. The fourth-order valence-electron chi connectivity index (χ4n) is 2.85. The van der Waals surface area contributed by atoms with E-state index in [1.807, 2.05) is 43.3 Å². The molecular formula is C21H24N4O3S2. The summed E-state index contributed by atoms with van der Waals surface area (Å²) in [6.45, 7) is 3.51. The van der Waals surface area contributed by atoms with Gasteiger partial charge in [0.05, 0.1) is 24.3 Å². The Kier molecular flexibility index (Phi) is 7.69. The van der Waals surface area contributed by atoms with Crippen LogP contribution in [-0.2, 0) is 14.8 Å². The zero-order chi connectivity index (χ0) is 21.4. The van der Waals surface area contributed by atoms with Crippen molar-refractivity contribution in [1.29, 1.82) is 0 Å². The van der Waals surface area contributed by atoms with Crippen molar-refractivity contribution >= 4 is 45.3 Å². The van der Waals surface area contributed by atoms with E-state index in [0.29, 0.717) is 37.1 Å². The third kappa shape index (κ3) is 6.20. The molecule has 0 aromatic heterocycles. The number of sulfonamides is 1. The van der Waals surface area contributed by atoms with Crippen molar-refractivity contribution in [1.82, 2.24) is 9.73 Å². The fourth-order valence-corrected chi connectivity index (χ4v) is 4.43. The number of anilines is 1. The van der Waals surface area contributed by atoms with Gasteiger partial charge in [0.1, 0.15) is 0 Å². The summed E-state index contributed by atoms with van der Waals surface area (Å²) < 4.78 is 31.9. The van der Waals surface area contributed by atoms with Crippen LogP contribution in [0.15, 0.2) is 70.2 Å². The SMILES string of the molecule is CC(/C=N\NC(=S)Nc1ccc(S(=O)(=O)N2CCOCC2)cc1)=C\c1ccccc1. The van der Waals surface area contributed by atoms with E-state index in [1.54, 1.807) is 30.5 Å². The number of thiocarbonyl (C=S) groups is 1. The van der Waals surface area contributed by atoms with Gasteiger partial charge in [-0.05, 0) is 54.5 Å². The van der Waals surface area contributed by atoms with Gasteiger partial charge in [0.25, 0.3) is 0 Å². The molecule has 30 heavy (non-hydrogen) atoms. The summed E-state index contributed by atoms with van der Waals surface area (Å²) >= 11 is 5.23. The van der Waals surface area contributed by atoms with Crippen LogP contribution in [-0.4, -0.2) is 50.4 Å². The molecule has 0 atom stereocenters. The molecular weight excluding hydrogens is 420 g/mol. The Balaban J connectivity index is 1.53. The first-order valence-electron chi connectivity index (χ1n) is 9.46.